The molecule has 1 amide bonds. The number of carbonyl (C=O) groups excluding carboxylic acids is 1. The molecule has 3 aromatic rings. The number of hydrogen-bond acceptors (Lipinski definition) is 3. The summed E-state index contributed by atoms with van der Waals surface area (Å²) in [6.45, 7) is 1.98. The van der Waals surface area contributed by atoms with Crippen LogP contribution in [0, 0.1) is 6.92 Å². The first-order valence-corrected chi connectivity index (χ1v) is 6.29. The van der Waals surface area contributed by atoms with Gasteiger partial charge in [0.05, 0.1) is 17.4 Å². The molecule has 3 rings (SSSR count). The highest BCUT2D eigenvalue weighted by Crippen LogP contribution is 2.19. The second-order valence-corrected chi connectivity index (χ2v) is 4.45. The molecule has 0 atom stereocenters. The van der Waals surface area contributed by atoms with Crippen LogP contribution in [0.15, 0.2) is 42.7 Å². The van der Waals surface area contributed by atoms with Crippen molar-refractivity contribution in [3.8, 4) is 0 Å². The van der Waals surface area contributed by atoms with Crippen LogP contribution in [0.3, 0.4) is 0 Å². The van der Waals surface area contributed by atoms with Gasteiger partial charge in [0.2, 0.25) is 6.41 Å². The van der Waals surface area contributed by atoms with Crippen LogP contribution in [-0.2, 0) is 4.79 Å². The number of fused-ring (bicyclic) bond motifs is 1. The zero-order valence-electron chi connectivity index (χ0n) is 10.8. The van der Waals surface area contributed by atoms with E-state index in [2.05, 4.69) is 20.5 Å². The van der Waals surface area contributed by atoms with Gasteiger partial charge in [0.25, 0.3) is 0 Å². The summed E-state index contributed by atoms with van der Waals surface area (Å²) < 4.78 is 0. The molecule has 102 valence electrons. The van der Waals surface area contributed by atoms with Gasteiger partial charge in [0, 0.05) is 22.3 Å². The number of halogens is 1. The molecule has 2 N–H and O–H groups in total. The van der Waals surface area contributed by atoms with E-state index in [0.717, 1.165) is 21.6 Å². The van der Waals surface area contributed by atoms with Crippen molar-refractivity contribution in [1.29, 1.82) is 0 Å². The molecule has 0 spiro atoms. The lowest BCUT2D eigenvalue weighted by atomic mass is 10.2. The molecular weight excluding hydrogens is 276 g/mol. The molecule has 0 saturated carbocycles. The second kappa shape index (κ2) is 6.68. The maximum atomic E-state index is 9.84. The Morgan fingerprint density at radius 1 is 1.35 bits per heavy atom. The lowest BCUT2D eigenvalue weighted by Gasteiger charge is -1.92. The lowest BCUT2D eigenvalue weighted by molar-refractivity contribution is -0.105. The van der Waals surface area contributed by atoms with Crippen molar-refractivity contribution in [3.05, 3.63) is 53.4 Å². The van der Waals surface area contributed by atoms with E-state index in [-0.39, 0.29) is 0 Å². The van der Waals surface area contributed by atoms with Gasteiger partial charge in [0.1, 0.15) is 0 Å². The van der Waals surface area contributed by atoms with Crippen molar-refractivity contribution in [2.45, 2.75) is 6.92 Å². The van der Waals surface area contributed by atoms with Crippen LogP contribution in [0.1, 0.15) is 5.69 Å². The number of hydrogen-bond donors (Lipinski definition) is 2. The largest absolute Gasteiger partial charge is 0.327 e. The van der Waals surface area contributed by atoms with Crippen molar-refractivity contribution in [3.63, 3.8) is 0 Å². The SMILES string of the molecule is Cc1[nH]nc2ccc(Cl)cc12.O=CNc1cccnc1. The second-order valence-electron chi connectivity index (χ2n) is 4.01. The number of nitrogens with zero attached hydrogens (tertiary/aromatic N) is 2. The van der Waals surface area contributed by atoms with Crippen LogP contribution < -0.4 is 5.32 Å². The van der Waals surface area contributed by atoms with Gasteiger partial charge < -0.3 is 5.32 Å². The van der Waals surface area contributed by atoms with E-state index in [1.165, 1.54) is 0 Å². The van der Waals surface area contributed by atoms with Gasteiger partial charge in [0.15, 0.2) is 0 Å². The van der Waals surface area contributed by atoms with Gasteiger partial charge >= 0.3 is 0 Å². The first-order valence-electron chi connectivity index (χ1n) is 5.91. The summed E-state index contributed by atoms with van der Waals surface area (Å²) in [6.07, 6.45) is 3.85. The Bertz CT molecular complexity index is 697. The summed E-state index contributed by atoms with van der Waals surface area (Å²) in [6, 6.07) is 9.17. The van der Waals surface area contributed by atoms with Crippen LogP contribution in [0.2, 0.25) is 5.02 Å². The first kappa shape index (κ1) is 14.0. The fraction of sp³-hybridized carbons (Fsp3) is 0.0714. The molecule has 0 saturated heterocycles. The molecule has 2 heterocycles. The number of aromatic amines is 1. The molecule has 2 aromatic heterocycles. The molecule has 0 aliphatic rings. The quantitative estimate of drug-likeness (QED) is 0.712. The molecule has 0 unspecified atom stereocenters. The average Bonchev–Trinajstić information content (AvgIpc) is 2.82. The number of amides is 1. The van der Waals surface area contributed by atoms with E-state index in [1.807, 2.05) is 25.1 Å². The minimum absolute atomic E-state index is 0.622. The summed E-state index contributed by atoms with van der Waals surface area (Å²) in [4.78, 5) is 13.6. The predicted molar refractivity (Wildman–Crippen MR) is 79.8 cm³/mol. The van der Waals surface area contributed by atoms with Gasteiger partial charge in [-0.25, -0.2) is 0 Å². The van der Waals surface area contributed by atoms with Crippen LogP contribution in [0.25, 0.3) is 10.9 Å². The normalized spacial score (nSPS) is 9.70. The number of aromatic nitrogens is 3. The summed E-state index contributed by atoms with van der Waals surface area (Å²) in [5.74, 6) is 0. The van der Waals surface area contributed by atoms with Gasteiger partial charge in [-0.2, -0.15) is 5.10 Å². The Hall–Kier alpha value is -2.40. The fourth-order valence-electron chi connectivity index (χ4n) is 1.63. The van der Waals surface area contributed by atoms with Crippen LogP contribution in [0.5, 0.6) is 0 Å². The van der Waals surface area contributed by atoms with Gasteiger partial charge in [-0.15, -0.1) is 0 Å². The van der Waals surface area contributed by atoms with Crippen molar-refractivity contribution in [2.75, 3.05) is 5.32 Å². The van der Waals surface area contributed by atoms with Gasteiger partial charge in [-0.1, -0.05) is 11.6 Å². The summed E-state index contributed by atoms with van der Waals surface area (Å²) in [7, 11) is 0. The zero-order valence-corrected chi connectivity index (χ0v) is 11.6. The topological polar surface area (TPSA) is 70.7 Å². The third kappa shape index (κ3) is 3.55. The van der Waals surface area contributed by atoms with Crippen molar-refractivity contribution in [2.24, 2.45) is 0 Å². The third-order valence-corrected chi connectivity index (χ3v) is 2.83. The Labute approximate surface area is 121 Å². The Balaban J connectivity index is 0.000000151. The summed E-state index contributed by atoms with van der Waals surface area (Å²) in [5, 5.41) is 11.3. The molecule has 0 radical (unpaired) electrons. The molecule has 5 nitrogen and oxygen atoms in total. The van der Waals surface area contributed by atoms with E-state index in [1.54, 1.807) is 24.5 Å². The van der Waals surface area contributed by atoms with Crippen molar-refractivity contribution < 1.29 is 4.79 Å². The highest BCUT2D eigenvalue weighted by molar-refractivity contribution is 6.31. The molecule has 0 aliphatic carbocycles. The number of rotatable bonds is 2. The van der Waals surface area contributed by atoms with Gasteiger partial charge in [-0.3, -0.25) is 14.9 Å². The highest BCUT2D eigenvalue weighted by Gasteiger charge is 1.99. The maximum Gasteiger partial charge on any atom is 0.211 e. The Kier molecular flexibility index (Phi) is 4.68. The number of anilines is 1. The van der Waals surface area contributed by atoms with E-state index >= 15 is 0 Å². The molecule has 0 aliphatic heterocycles. The first-order chi connectivity index (χ1) is 9.70. The summed E-state index contributed by atoms with van der Waals surface area (Å²) >= 11 is 5.81. The molecule has 0 fully saturated rings. The number of H-pyrrole nitrogens is 1. The molecule has 0 bridgehead atoms. The predicted octanol–water partition coefficient (Wildman–Crippen LogP) is 3.17. The van der Waals surface area contributed by atoms with Crippen LogP contribution >= 0.6 is 11.6 Å². The van der Waals surface area contributed by atoms with E-state index in [0.29, 0.717) is 12.1 Å². The minimum atomic E-state index is 0.622. The molecular formula is C14H13ClN4O. The van der Waals surface area contributed by atoms with Crippen LogP contribution in [-0.4, -0.2) is 21.6 Å². The summed E-state index contributed by atoms with van der Waals surface area (Å²) in [5.41, 5.74) is 2.74. The molecule has 6 heteroatoms. The number of benzene rings is 1. The smallest absolute Gasteiger partial charge is 0.211 e. The van der Waals surface area contributed by atoms with Crippen molar-refractivity contribution >= 4 is 34.6 Å². The van der Waals surface area contributed by atoms with E-state index < -0.39 is 0 Å². The van der Waals surface area contributed by atoms with Crippen LogP contribution in [0.4, 0.5) is 5.69 Å². The van der Waals surface area contributed by atoms with Crippen molar-refractivity contribution in [1.82, 2.24) is 15.2 Å². The fourth-order valence-corrected chi connectivity index (χ4v) is 1.80. The van der Waals surface area contributed by atoms with E-state index in [4.69, 9.17) is 11.6 Å². The van der Waals surface area contributed by atoms with E-state index in [9.17, 15) is 4.79 Å². The highest BCUT2D eigenvalue weighted by atomic mass is 35.5. The number of nitrogens with one attached hydrogen (secondary N) is 2. The minimum Gasteiger partial charge on any atom is -0.327 e. The molecule has 1 aromatic carbocycles. The average molecular weight is 289 g/mol. The zero-order chi connectivity index (χ0) is 14.4. The Morgan fingerprint density at radius 3 is 2.90 bits per heavy atom. The van der Waals surface area contributed by atoms with Gasteiger partial charge in [-0.05, 0) is 37.3 Å². The maximum absolute atomic E-state index is 9.84. The standard InChI is InChI=1S/C8H7ClN2.C6H6N2O/c1-5-7-4-6(9)2-3-8(7)11-10-5;9-5-8-6-2-1-3-7-4-6/h2-4H,1H3,(H,10,11);1-5H,(H,8,9). The third-order valence-electron chi connectivity index (χ3n) is 2.59. The number of pyridine rings is 1. The monoisotopic (exact) mass is 288 g/mol. The Morgan fingerprint density at radius 2 is 2.20 bits per heavy atom. The lowest BCUT2D eigenvalue weighted by Crippen LogP contribution is -1.92. The number of aryl methyl sites for hydroxylation is 1. The molecule has 20 heavy (non-hydrogen) atoms. The number of carbonyl (C=O) groups is 1.